The summed E-state index contributed by atoms with van der Waals surface area (Å²) in [7, 11) is -7.06. The number of rotatable bonds is 4. The summed E-state index contributed by atoms with van der Waals surface area (Å²) in [6.45, 7) is -0.118. The summed E-state index contributed by atoms with van der Waals surface area (Å²) in [6.07, 6.45) is 0.243. The third-order valence-corrected chi connectivity index (χ3v) is 6.39. The van der Waals surface area contributed by atoms with Crippen LogP contribution in [0.15, 0.2) is 23.1 Å². The van der Waals surface area contributed by atoms with Gasteiger partial charge in [0.1, 0.15) is 5.82 Å². The van der Waals surface area contributed by atoms with Crippen LogP contribution in [-0.2, 0) is 26.4 Å². The van der Waals surface area contributed by atoms with Gasteiger partial charge >= 0.3 is 0 Å². The Labute approximate surface area is 117 Å². The van der Waals surface area contributed by atoms with Gasteiger partial charge in [-0.15, -0.1) is 0 Å². The SMILES string of the molecule is NCc1cc(S(=O)(=O)NC2CCS(=O)(=O)C2)ccc1F. The maximum Gasteiger partial charge on any atom is 0.240 e. The molecule has 0 radical (unpaired) electrons. The van der Waals surface area contributed by atoms with Crippen LogP contribution in [0.25, 0.3) is 0 Å². The van der Waals surface area contributed by atoms with Crippen LogP contribution in [0, 0.1) is 5.82 Å². The quantitative estimate of drug-likeness (QED) is 0.795. The Balaban J connectivity index is 2.23. The third kappa shape index (κ3) is 3.35. The standard InChI is InChI=1S/C11H15FN2O4S2/c12-11-2-1-10(5-8(11)6-13)20(17,18)14-9-3-4-19(15,16)7-9/h1-2,5,9,14H,3-4,6-7,13H2. The number of benzene rings is 1. The number of sulfone groups is 1. The lowest BCUT2D eigenvalue weighted by molar-refractivity contribution is 0.561. The number of nitrogens with two attached hydrogens (primary N) is 1. The predicted molar refractivity (Wildman–Crippen MR) is 71.7 cm³/mol. The third-order valence-electron chi connectivity index (χ3n) is 3.10. The second kappa shape index (κ2) is 5.40. The van der Waals surface area contributed by atoms with Gasteiger partial charge < -0.3 is 5.73 Å². The molecule has 112 valence electrons. The molecule has 2 rings (SSSR count). The van der Waals surface area contributed by atoms with Crippen molar-refractivity contribution in [3.63, 3.8) is 0 Å². The molecule has 3 N–H and O–H groups in total. The molecule has 1 fully saturated rings. The summed E-state index contributed by atoms with van der Waals surface area (Å²) in [5.41, 5.74) is 5.42. The topological polar surface area (TPSA) is 106 Å². The first-order valence-electron chi connectivity index (χ1n) is 5.95. The minimum atomic E-state index is -3.88. The molecule has 1 heterocycles. The van der Waals surface area contributed by atoms with Crippen molar-refractivity contribution in [3.8, 4) is 0 Å². The van der Waals surface area contributed by atoms with Crippen LogP contribution in [0.3, 0.4) is 0 Å². The lowest BCUT2D eigenvalue weighted by Gasteiger charge is -2.12. The summed E-state index contributed by atoms with van der Waals surface area (Å²) >= 11 is 0. The normalized spacial score (nSPS) is 22.0. The zero-order chi connectivity index (χ0) is 15.0. The molecule has 0 aromatic heterocycles. The van der Waals surface area contributed by atoms with E-state index in [9.17, 15) is 21.2 Å². The van der Waals surface area contributed by atoms with Crippen LogP contribution in [0.1, 0.15) is 12.0 Å². The highest BCUT2D eigenvalue weighted by Gasteiger charge is 2.31. The van der Waals surface area contributed by atoms with Gasteiger partial charge in [-0.05, 0) is 24.6 Å². The van der Waals surface area contributed by atoms with Crippen molar-refractivity contribution in [2.75, 3.05) is 11.5 Å². The molecule has 1 saturated heterocycles. The van der Waals surface area contributed by atoms with Gasteiger partial charge in [-0.25, -0.2) is 25.9 Å². The van der Waals surface area contributed by atoms with Crippen molar-refractivity contribution in [1.82, 2.24) is 4.72 Å². The molecule has 1 aliphatic rings. The number of halogens is 1. The van der Waals surface area contributed by atoms with E-state index in [-0.39, 0.29) is 34.9 Å². The fourth-order valence-corrected chi connectivity index (χ4v) is 5.15. The van der Waals surface area contributed by atoms with Crippen molar-refractivity contribution >= 4 is 19.9 Å². The van der Waals surface area contributed by atoms with Crippen molar-refractivity contribution in [2.45, 2.75) is 23.9 Å². The molecule has 0 amide bonds. The Morgan fingerprint density at radius 2 is 2.10 bits per heavy atom. The van der Waals surface area contributed by atoms with Gasteiger partial charge in [-0.3, -0.25) is 0 Å². The molecule has 0 saturated carbocycles. The molecule has 6 nitrogen and oxygen atoms in total. The van der Waals surface area contributed by atoms with E-state index in [0.29, 0.717) is 0 Å². The average molecular weight is 322 g/mol. The first-order valence-corrected chi connectivity index (χ1v) is 9.25. The maximum absolute atomic E-state index is 13.3. The fraction of sp³-hybridized carbons (Fsp3) is 0.455. The molecule has 1 unspecified atom stereocenters. The zero-order valence-electron chi connectivity index (χ0n) is 10.5. The number of nitrogens with one attached hydrogen (secondary N) is 1. The average Bonchev–Trinajstić information content (AvgIpc) is 2.68. The molecular formula is C11H15FN2O4S2. The van der Waals surface area contributed by atoms with Crippen LogP contribution in [-0.4, -0.2) is 34.4 Å². The van der Waals surface area contributed by atoms with Gasteiger partial charge in [-0.1, -0.05) is 0 Å². The smallest absolute Gasteiger partial charge is 0.240 e. The van der Waals surface area contributed by atoms with E-state index in [1.165, 1.54) is 0 Å². The second-order valence-corrected chi connectivity index (χ2v) is 8.62. The molecule has 1 atom stereocenters. The lowest BCUT2D eigenvalue weighted by atomic mass is 10.2. The minimum Gasteiger partial charge on any atom is -0.326 e. The van der Waals surface area contributed by atoms with E-state index in [1.54, 1.807) is 0 Å². The van der Waals surface area contributed by atoms with Crippen molar-refractivity contribution in [2.24, 2.45) is 5.73 Å². The maximum atomic E-state index is 13.3. The van der Waals surface area contributed by atoms with E-state index in [2.05, 4.69) is 4.72 Å². The highest BCUT2D eigenvalue weighted by atomic mass is 32.2. The highest BCUT2D eigenvalue weighted by molar-refractivity contribution is 7.92. The van der Waals surface area contributed by atoms with Gasteiger partial charge in [0.05, 0.1) is 16.4 Å². The van der Waals surface area contributed by atoms with Gasteiger partial charge in [0.25, 0.3) is 0 Å². The van der Waals surface area contributed by atoms with Crippen molar-refractivity contribution < 1.29 is 21.2 Å². The van der Waals surface area contributed by atoms with Crippen LogP contribution < -0.4 is 10.5 Å². The van der Waals surface area contributed by atoms with Crippen LogP contribution in [0.2, 0.25) is 0 Å². The van der Waals surface area contributed by atoms with E-state index in [4.69, 9.17) is 5.73 Å². The molecule has 9 heteroatoms. The Bertz CT molecular complexity index is 716. The molecule has 1 aromatic carbocycles. The molecule has 0 spiro atoms. The molecule has 0 aliphatic carbocycles. The van der Waals surface area contributed by atoms with Crippen LogP contribution >= 0.6 is 0 Å². The van der Waals surface area contributed by atoms with Gasteiger partial charge in [0, 0.05) is 18.2 Å². The highest BCUT2D eigenvalue weighted by Crippen LogP contribution is 2.18. The van der Waals surface area contributed by atoms with Gasteiger partial charge in [-0.2, -0.15) is 0 Å². The summed E-state index contributed by atoms with van der Waals surface area (Å²) in [4.78, 5) is -0.122. The largest absolute Gasteiger partial charge is 0.326 e. The second-order valence-electron chi connectivity index (χ2n) is 4.68. The van der Waals surface area contributed by atoms with Crippen molar-refractivity contribution in [1.29, 1.82) is 0 Å². The molecule has 20 heavy (non-hydrogen) atoms. The van der Waals surface area contributed by atoms with Crippen LogP contribution in [0.5, 0.6) is 0 Å². The molecule has 1 aromatic rings. The summed E-state index contributed by atoms with van der Waals surface area (Å²) in [5.74, 6) is -0.815. The predicted octanol–water partition coefficient (Wildman–Crippen LogP) is -0.250. The Morgan fingerprint density at radius 3 is 2.65 bits per heavy atom. The Hall–Kier alpha value is -1.03. The first-order chi connectivity index (χ1) is 9.23. The zero-order valence-corrected chi connectivity index (χ0v) is 12.2. The molecular weight excluding hydrogens is 307 g/mol. The summed E-state index contributed by atoms with van der Waals surface area (Å²) < 4.78 is 62.5. The van der Waals surface area contributed by atoms with E-state index in [0.717, 1.165) is 18.2 Å². The number of hydrogen-bond donors (Lipinski definition) is 2. The summed E-state index contributed by atoms with van der Waals surface area (Å²) in [5, 5.41) is 0. The van der Waals surface area contributed by atoms with Gasteiger partial charge in [0.2, 0.25) is 10.0 Å². The van der Waals surface area contributed by atoms with E-state index in [1.807, 2.05) is 0 Å². The van der Waals surface area contributed by atoms with E-state index < -0.39 is 31.7 Å². The molecule has 1 aliphatic heterocycles. The molecule has 0 bridgehead atoms. The minimum absolute atomic E-state index is 0.0301. The fourth-order valence-electron chi connectivity index (χ4n) is 2.05. The van der Waals surface area contributed by atoms with E-state index >= 15 is 0 Å². The first kappa shape index (κ1) is 15.4. The Kier molecular flexibility index (Phi) is 4.14. The number of sulfonamides is 1. The number of hydrogen-bond acceptors (Lipinski definition) is 5. The van der Waals surface area contributed by atoms with Crippen LogP contribution in [0.4, 0.5) is 4.39 Å². The monoisotopic (exact) mass is 322 g/mol. The lowest BCUT2D eigenvalue weighted by Crippen LogP contribution is -2.35. The Morgan fingerprint density at radius 1 is 1.40 bits per heavy atom. The van der Waals surface area contributed by atoms with Gasteiger partial charge in [0.15, 0.2) is 9.84 Å². The van der Waals surface area contributed by atoms with Crippen molar-refractivity contribution in [3.05, 3.63) is 29.6 Å². The summed E-state index contributed by atoms with van der Waals surface area (Å²) in [6, 6.07) is 2.67.